The number of carbonyl (C=O) groups is 2. The summed E-state index contributed by atoms with van der Waals surface area (Å²) < 4.78 is 20.4. The van der Waals surface area contributed by atoms with E-state index in [-0.39, 0.29) is 24.8 Å². The van der Waals surface area contributed by atoms with Crippen LogP contribution in [-0.2, 0) is 31.9 Å². The summed E-state index contributed by atoms with van der Waals surface area (Å²) in [5, 5.41) is 0. The van der Waals surface area contributed by atoms with Crippen molar-refractivity contribution in [3.8, 4) is 11.5 Å². The standard InChI is InChI=1S/C11H13BrO3.C11H14O3/c1-7-4-9(12)8(5-10(7)14-2)6-11(13)15-3;1-8-4-5-9(6-10(8)13-2)7-11(12)14-3/h4-5H,6H2,1-3H3;4-6H,7H2,1-3H3. The molecule has 0 heterocycles. The van der Waals surface area contributed by atoms with Gasteiger partial charge in [-0.3, -0.25) is 9.59 Å². The first-order chi connectivity index (χ1) is 13.7. The van der Waals surface area contributed by atoms with Gasteiger partial charge in [0.2, 0.25) is 0 Å². The van der Waals surface area contributed by atoms with Crippen LogP contribution in [0.1, 0.15) is 22.3 Å². The molecule has 0 radical (unpaired) electrons. The Morgan fingerprint density at radius 1 is 0.793 bits per heavy atom. The average Bonchev–Trinajstić information content (AvgIpc) is 2.71. The van der Waals surface area contributed by atoms with Crippen LogP contribution in [0.15, 0.2) is 34.8 Å². The zero-order chi connectivity index (χ0) is 22.0. The van der Waals surface area contributed by atoms with Crippen molar-refractivity contribution in [2.45, 2.75) is 26.7 Å². The highest BCUT2D eigenvalue weighted by atomic mass is 79.9. The molecule has 0 amide bonds. The number of hydrogen-bond acceptors (Lipinski definition) is 6. The van der Waals surface area contributed by atoms with Crippen molar-refractivity contribution in [2.24, 2.45) is 0 Å². The zero-order valence-corrected chi connectivity index (χ0v) is 19.2. The van der Waals surface area contributed by atoms with Gasteiger partial charge in [0.15, 0.2) is 0 Å². The van der Waals surface area contributed by atoms with Crippen molar-refractivity contribution >= 4 is 27.9 Å². The minimum absolute atomic E-state index is 0.240. The molecule has 0 aliphatic rings. The summed E-state index contributed by atoms with van der Waals surface area (Å²) in [6, 6.07) is 9.45. The predicted octanol–water partition coefficient (Wildman–Crippen LogP) is 4.20. The highest BCUT2D eigenvalue weighted by Gasteiger charge is 2.10. The third kappa shape index (κ3) is 7.77. The minimum Gasteiger partial charge on any atom is -0.496 e. The van der Waals surface area contributed by atoms with Gasteiger partial charge in [-0.05, 0) is 54.3 Å². The maximum Gasteiger partial charge on any atom is 0.310 e. The molecule has 6 nitrogen and oxygen atoms in total. The van der Waals surface area contributed by atoms with E-state index in [2.05, 4.69) is 25.4 Å². The zero-order valence-electron chi connectivity index (χ0n) is 17.6. The second kappa shape index (κ2) is 12.1. The van der Waals surface area contributed by atoms with Gasteiger partial charge < -0.3 is 18.9 Å². The first-order valence-electron chi connectivity index (χ1n) is 8.85. The van der Waals surface area contributed by atoms with Gasteiger partial charge in [0.05, 0.1) is 41.3 Å². The van der Waals surface area contributed by atoms with Crippen molar-refractivity contribution < 1.29 is 28.5 Å². The molecule has 7 heteroatoms. The van der Waals surface area contributed by atoms with E-state index in [4.69, 9.17) is 9.47 Å². The number of benzene rings is 2. The first kappa shape index (κ1) is 24.5. The molecule has 2 aromatic rings. The highest BCUT2D eigenvalue weighted by Crippen LogP contribution is 2.27. The molecule has 0 saturated carbocycles. The lowest BCUT2D eigenvalue weighted by atomic mass is 10.1. The molecule has 2 rings (SSSR count). The molecular weight excluding hydrogens is 440 g/mol. The molecule has 0 aliphatic carbocycles. The molecule has 0 aromatic heterocycles. The van der Waals surface area contributed by atoms with Crippen LogP contribution in [0, 0.1) is 13.8 Å². The number of ether oxygens (including phenoxy) is 4. The Labute approximate surface area is 180 Å². The SMILES string of the molecule is COC(=O)Cc1cc(OC)c(C)cc1Br.COC(=O)Cc1ccc(C)c(OC)c1. The maximum absolute atomic E-state index is 11.1. The van der Waals surface area contributed by atoms with E-state index in [0.717, 1.165) is 38.2 Å². The van der Waals surface area contributed by atoms with Crippen LogP contribution < -0.4 is 9.47 Å². The van der Waals surface area contributed by atoms with Crippen molar-refractivity contribution in [2.75, 3.05) is 28.4 Å². The Balaban J connectivity index is 0.000000291. The number of methoxy groups -OCH3 is 4. The van der Waals surface area contributed by atoms with Crippen LogP contribution in [0.2, 0.25) is 0 Å². The topological polar surface area (TPSA) is 71.1 Å². The lowest BCUT2D eigenvalue weighted by Gasteiger charge is -2.09. The summed E-state index contributed by atoms with van der Waals surface area (Å²) in [6.07, 6.45) is 0.529. The molecule has 2 aromatic carbocycles. The predicted molar refractivity (Wildman–Crippen MR) is 115 cm³/mol. The first-order valence-corrected chi connectivity index (χ1v) is 9.65. The fourth-order valence-electron chi connectivity index (χ4n) is 2.49. The van der Waals surface area contributed by atoms with Gasteiger partial charge in [0.25, 0.3) is 0 Å². The minimum atomic E-state index is -0.262. The van der Waals surface area contributed by atoms with Gasteiger partial charge in [0, 0.05) is 4.47 Å². The number of aryl methyl sites for hydroxylation is 2. The normalized spacial score (nSPS) is 9.76. The van der Waals surface area contributed by atoms with Crippen LogP contribution in [0.3, 0.4) is 0 Å². The quantitative estimate of drug-likeness (QED) is 0.594. The lowest BCUT2D eigenvalue weighted by Crippen LogP contribution is -2.05. The maximum atomic E-state index is 11.1. The van der Waals surface area contributed by atoms with Crippen molar-refractivity contribution in [1.29, 1.82) is 0 Å². The van der Waals surface area contributed by atoms with Crippen LogP contribution in [0.5, 0.6) is 11.5 Å². The molecule has 29 heavy (non-hydrogen) atoms. The summed E-state index contributed by atoms with van der Waals surface area (Å²) >= 11 is 3.40. The van der Waals surface area contributed by atoms with Gasteiger partial charge in [0.1, 0.15) is 11.5 Å². The molecule has 0 aliphatic heterocycles. The molecule has 158 valence electrons. The number of halogens is 1. The third-order valence-electron chi connectivity index (χ3n) is 4.17. The van der Waals surface area contributed by atoms with E-state index >= 15 is 0 Å². The van der Waals surface area contributed by atoms with Gasteiger partial charge in [-0.15, -0.1) is 0 Å². The molecule has 0 unspecified atom stereocenters. The third-order valence-corrected chi connectivity index (χ3v) is 4.91. The summed E-state index contributed by atoms with van der Waals surface area (Å²) in [4.78, 5) is 22.1. The fourth-order valence-corrected chi connectivity index (χ4v) is 3.09. The fraction of sp³-hybridized carbons (Fsp3) is 0.364. The molecule has 0 bridgehead atoms. The highest BCUT2D eigenvalue weighted by molar-refractivity contribution is 9.10. The molecular formula is C22H27BrO6. The van der Waals surface area contributed by atoms with E-state index in [1.54, 1.807) is 14.2 Å². The Kier molecular flexibility index (Phi) is 10.2. The molecule has 0 fully saturated rings. The average molecular weight is 467 g/mol. The number of esters is 2. The Morgan fingerprint density at radius 3 is 1.90 bits per heavy atom. The Morgan fingerprint density at radius 2 is 1.34 bits per heavy atom. The Hall–Kier alpha value is -2.54. The number of carbonyl (C=O) groups excluding carboxylic acids is 2. The molecule has 0 spiro atoms. The molecule has 0 N–H and O–H groups in total. The molecule has 0 atom stereocenters. The van der Waals surface area contributed by atoms with E-state index in [1.807, 2.05) is 44.2 Å². The summed E-state index contributed by atoms with van der Waals surface area (Å²) in [5.74, 6) is 1.07. The van der Waals surface area contributed by atoms with Gasteiger partial charge >= 0.3 is 11.9 Å². The second-order valence-electron chi connectivity index (χ2n) is 6.22. The van der Waals surface area contributed by atoms with Crippen LogP contribution in [0.4, 0.5) is 0 Å². The van der Waals surface area contributed by atoms with Crippen molar-refractivity contribution in [1.82, 2.24) is 0 Å². The van der Waals surface area contributed by atoms with Gasteiger partial charge in [-0.25, -0.2) is 0 Å². The molecule has 0 saturated heterocycles. The van der Waals surface area contributed by atoms with E-state index < -0.39 is 0 Å². The number of rotatable bonds is 6. The van der Waals surface area contributed by atoms with Crippen molar-refractivity contribution in [3.63, 3.8) is 0 Å². The number of hydrogen-bond donors (Lipinski definition) is 0. The Bertz CT molecular complexity index is 847. The van der Waals surface area contributed by atoms with Crippen molar-refractivity contribution in [3.05, 3.63) is 57.1 Å². The summed E-state index contributed by atoms with van der Waals surface area (Å²) in [6.45, 7) is 3.91. The second-order valence-corrected chi connectivity index (χ2v) is 7.08. The monoisotopic (exact) mass is 466 g/mol. The van der Waals surface area contributed by atoms with E-state index in [0.29, 0.717) is 0 Å². The smallest absolute Gasteiger partial charge is 0.310 e. The summed E-state index contributed by atoms with van der Waals surface area (Å²) in [5.41, 5.74) is 3.85. The lowest BCUT2D eigenvalue weighted by molar-refractivity contribution is -0.140. The van der Waals surface area contributed by atoms with Crippen LogP contribution in [0.25, 0.3) is 0 Å². The van der Waals surface area contributed by atoms with E-state index in [9.17, 15) is 9.59 Å². The van der Waals surface area contributed by atoms with Gasteiger partial charge in [-0.1, -0.05) is 28.1 Å². The van der Waals surface area contributed by atoms with Crippen LogP contribution in [-0.4, -0.2) is 40.4 Å². The largest absolute Gasteiger partial charge is 0.496 e. The van der Waals surface area contributed by atoms with Crippen LogP contribution >= 0.6 is 15.9 Å². The summed E-state index contributed by atoms with van der Waals surface area (Å²) in [7, 11) is 5.98. The van der Waals surface area contributed by atoms with E-state index in [1.165, 1.54) is 14.2 Å². The van der Waals surface area contributed by atoms with Gasteiger partial charge in [-0.2, -0.15) is 0 Å².